The average molecular weight is 263 g/mol. The second-order valence-corrected chi connectivity index (χ2v) is 6.52. The van der Waals surface area contributed by atoms with Gasteiger partial charge in [-0.1, -0.05) is 19.9 Å². The maximum Gasteiger partial charge on any atom is 0.125 e. The number of hydrogen-bond acceptors (Lipinski definition) is 3. The molecule has 1 aromatic rings. The van der Waals surface area contributed by atoms with Crippen molar-refractivity contribution < 1.29 is 9.84 Å². The summed E-state index contributed by atoms with van der Waals surface area (Å²) in [6.45, 7) is 4.48. The van der Waals surface area contributed by atoms with Crippen molar-refractivity contribution in [2.75, 3.05) is 19.0 Å². The molecule has 1 aromatic carbocycles. The van der Waals surface area contributed by atoms with Crippen LogP contribution < -0.4 is 9.64 Å². The fourth-order valence-corrected chi connectivity index (χ4v) is 2.64. The number of ether oxygens (including phenoxy) is 1. The van der Waals surface area contributed by atoms with E-state index >= 15 is 0 Å². The van der Waals surface area contributed by atoms with Crippen molar-refractivity contribution in [1.29, 1.82) is 0 Å². The van der Waals surface area contributed by atoms with Crippen LogP contribution in [0.3, 0.4) is 0 Å². The molecule has 2 atom stereocenters. The second kappa shape index (κ2) is 5.41. The van der Waals surface area contributed by atoms with Gasteiger partial charge in [-0.25, -0.2) is 0 Å². The normalized spacial score (nSPS) is 25.9. The van der Waals surface area contributed by atoms with E-state index in [9.17, 15) is 5.11 Å². The maximum absolute atomic E-state index is 10.1. The molecule has 106 valence electrons. The van der Waals surface area contributed by atoms with E-state index in [1.807, 2.05) is 43.3 Å². The first-order valence-corrected chi connectivity index (χ1v) is 6.99. The molecule has 1 aliphatic rings. The lowest BCUT2D eigenvalue weighted by molar-refractivity contribution is -0.0304. The van der Waals surface area contributed by atoms with E-state index in [0.717, 1.165) is 30.7 Å². The number of aliphatic hydroxyl groups excluding tert-OH is 1. The number of rotatable bonds is 3. The second-order valence-electron chi connectivity index (χ2n) is 6.52. The largest absolute Gasteiger partial charge is 0.488 e. The highest BCUT2D eigenvalue weighted by atomic mass is 16.5. The van der Waals surface area contributed by atoms with Crippen LogP contribution in [-0.2, 0) is 0 Å². The number of anilines is 1. The molecule has 0 aliphatic heterocycles. The van der Waals surface area contributed by atoms with Crippen LogP contribution in [0, 0.1) is 5.41 Å². The summed E-state index contributed by atoms with van der Waals surface area (Å²) in [7, 11) is 4.02. The Morgan fingerprint density at radius 3 is 2.74 bits per heavy atom. The monoisotopic (exact) mass is 263 g/mol. The van der Waals surface area contributed by atoms with E-state index in [-0.39, 0.29) is 17.6 Å². The van der Waals surface area contributed by atoms with Crippen molar-refractivity contribution in [2.45, 2.75) is 45.3 Å². The lowest BCUT2D eigenvalue weighted by Gasteiger charge is -2.38. The quantitative estimate of drug-likeness (QED) is 0.909. The van der Waals surface area contributed by atoms with Crippen LogP contribution in [0.25, 0.3) is 0 Å². The first-order valence-electron chi connectivity index (χ1n) is 6.99. The molecule has 0 saturated heterocycles. The zero-order valence-electron chi connectivity index (χ0n) is 12.4. The highest BCUT2D eigenvalue weighted by Gasteiger charge is 2.35. The Bertz CT molecular complexity index is 429. The SMILES string of the molecule is CN(C)c1cccc(OC2CC(C)(C)CCC2O)c1. The molecule has 2 unspecified atom stereocenters. The van der Waals surface area contributed by atoms with Gasteiger partial charge in [0.05, 0.1) is 6.10 Å². The summed E-state index contributed by atoms with van der Waals surface area (Å²) in [4.78, 5) is 2.05. The smallest absolute Gasteiger partial charge is 0.125 e. The van der Waals surface area contributed by atoms with Crippen molar-refractivity contribution in [1.82, 2.24) is 0 Å². The maximum atomic E-state index is 10.1. The molecule has 3 heteroatoms. The lowest BCUT2D eigenvalue weighted by Crippen LogP contribution is -2.41. The molecule has 0 heterocycles. The summed E-state index contributed by atoms with van der Waals surface area (Å²) >= 11 is 0. The number of nitrogens with zero attached hydrogens (tertiary/aromatic N) is 1. The van der Waals surface area contributed by atoms with Gasteiger partial charge in [-0.15, -0.1) is 0 Å². The molecular formula is C16H25NO2. The molecule has 0 bridgehead atoms. The van der Waals surface area contributed by atoms with Gasteiger partial charge < -0.3 is 14.7 Å². The third-order valence-electron chi connectivity index (χ3n) is 3.92. The zero-order valence-corrected chi connectivity index (χ0v) is 12.4. The Morgan fingerprint density at radius 1 is 1.32 bits per heavy atom. The molecular weight excluding hydrogens is 238 g/mol. The highest BCUT2D eigenvalue weighted by Crippen LogP contribution is 2.37. The first-order chi connectivity index (χ1) is 8.87. The Morgan fingerprint density at radius 2 is 2.05 bits per heavy atom. The Balaban J connectivity index is 2.09. The third-order valence-corrected chi connectivity index (χ3v) is 3.92. The van der Waals surface area contributed by atoms with Gasteiger partial charge >= 0.3 is 0 Å². The summed E-state index contributed by atoms with van der Waals surface area (Å²) in [5.41, 5.74) is 1.37. The van der Waals surface area contributed by atoms with Gasteiger partial charge in [-0.05, 0) is 36.8 Å². The fourth-order valence-electron chi connectivity index (χ4n) is 2.64. The van der Waals surface area contributed by atoms with Gasteiger partial charge in [-0.2, -0.15) is 0 Å². The third kappa shape index (κ3) is 3.63. The predicted octanol–water partition coefficient (Wildman–Crippen LogP) is 3.07. The minimum absolute atomic E-state index is 0.0961. The van der Waals surface area contributed by atoms with E-state index < -0.39 is 0 Å². The topological polar surface area (TPSA) is 32.7 Å². The summed E-state index contributed by atoms with van der Waals surface area (Å²) in [6, 6.07) is 8.02. The van der Waals surface area contributed by atoms with Crippen molar-refractivity contribution in [3.63, 3.8) is 0 Å². The first kappa shape index (κ1) is 14.2. The van der Waals surface area contributed by atoms with E-state index in [4.69, 9.17) is 4.74 Å². The van der Waals surface area contributed by atoms with Crippen LogP contribution in [0.5, 0.6) is 5.75 Å². The van der Waals surface area contributed by atoms with E-state index in [2.05, 4.69) is 13.8 Å². The van der Waals surface area contributed by atoms with Crippen LogP contribution in [0.1, 0.15) is 33.1 Å². The molecule has 3 nitrogen and oxygen atoms in total. The Labute approximate surface area is 116 Å². The average Bonchev–Trinajstić information content (AvgIpc) is 2.34. The van der Waals surface area contributed by atoms with Gasteiger partial charge in [0.15, 0.2) is 0 Å². The van der Waals surface area contributed by atoms with Crippen LogP contribution >= 0.6 is 0 Å². The predicted molar refractivity (Wildman–Crippen MR) is 78.8 cm³/mol. The minimum atomic E-state index is -0.351. The van der Waals surface area contributed by atoms with Gasteiger partial charge in [0, 0.05) is 25.8 Å². The van der Waals surface area contributed by atoms with Crippen LogP contribution in [0.15, 0.2) is 24.3 Å². The number of benzene rings is 1. The molecule has 1 N–H and O–H groups in total. The highest BCUT2D eigenvalue weighted by molar-refractivity contribution is 5.49. The molecule has 0 radical (unpaired) electrons. The standard InChI is InChI=1S/C16H25NO2/c1-16(2)9-8-14(18)15(11-16)19-13-7-5-6-12(10-13)17(3)4/h5-7,10,14-15,18H,8-9,11H2,1-4H3. The van der Waals surface area contributed by atoms with Crippen molar-refractivity contribution in [3.8, 4) is 5.75 Å². The summed E-state index contributed by atoms with van der Waals surface area (Å²) in [5, 5.41) is 10.1. The molecule has 0 amide bonds. The van der Waals surface area contributed by atoms with E-state index in [1.54, 1.807) is 0 Å². The molecule has 1 saturated carbocycles. The van der Waals surface area contributed by atoms with E-state index in [1.165, 1.54) is 0 Å². The van der Waals surface area contributed by atoms with Crippen molar-refractivity contribution >= 4 is 5.69 Å². The Hall–Kier alpha value is -1.22. The molecule has 2 rings (SSSR count). The van der Waals surface area contributed by atoms with Gasteiger partial charge in [-0.3, -0.25) is 0 Å². The minimum Gasteiger partial charge on any atom is -0.488 e. The molecule has 1 fully saturated rings. The van der Waals surface area contributed by atoms with Gasteiger partial charge in [0.2, 0.25) is 0 Å². The van der Waals surface area contributed by atoms with Gasteiger partial charge in [0.25, 0.3) is 0 Å². The van der Waals surface area contributed by atoms with Gasteiger partial charge in [0.1, 0.15) is 11.9 Å². The molecule has 19 heavy (non-hydrogen) atoms. The van der Waals surface area contributed by atoms with Crippen molar-refractivity contribution in [2.24, 2.45) is 5.41 Å². The van der Waals surface area contributed by atoms with Crippen molar-refractivity contribution in [3.05, 3.63) is 24.3 Å². The van der Waals surface area contributed by atoms with Crippen LogP contribution in [-0.4, -0.2) is 31.4 Å². The molecule has 0 aromatic heterocycles. The van der Waals surface area contributed by atoms with Crippen LogP contribution in [0.2, 0.25) is 0 Å². The molecule has 1 aliphatic carbocycles. The number of aliphatic hydroxyl groups is 1. The fraction of sp³-hybridized carbons (Fsp3) is 0.625. The summed E-state index contributed by atoms with van der Waals surface area (Å²) in [5.74, 6) is 0.841. The zero-order chi connectivity index (χ0) is 14.0. The number of hydrogen-bond donors (Lipinski definition) is 1. The van der Waals surface area contributed by atoms with Crippen LogP contribution in [0.4, 0.5) is 5.69 Å². The lowest BCUT2D eigenvalue weighted by atomic mass is 9.75. The summed E-state index contributed by atoms with van der Waals surface area (Å²) in [6.07, 6.45) is 2.34. The van der Waals surface area contributed by atoms with E-state index in [0.29, 0.717) is 0 Å². The summed E-state index contributed by atoms with van der Waals surface area (Å²) < 4.78 is 6.02. The Kier molecular flexibility index (Phi) is 4.04. The molecule has 0 spiro atoms.